The normalized spacial score (nSPS) is 20.5. The molecule has 0 N–H and O–H groups in total. The Morgan fingerprint density at radius 1 is 1.33 bits per heavy atom. The van der Waals surface area contributed by atoms with Crippen LogP contribution in [-0.2, 0) is 11.2 Å². The van der Waals surface area contributed by atoms with Crippen LogP contribution in [0.15, 0.2) is 16.6 Å². The van der Waals surface area contributed by atoms with E-state index in [1.54, 1.807) is 11.0 Å². The van der Waals surface area contributed by atoms with E-state index in [2.05, 4.69) is 15.9 Å². The zero-order valence-corrected chi connectivity index (χ0v) is 15.6. The molecule has 0 saturated heterocycles. The number of aryl methyl sites for hydroxylation is 1. The summed E-state index contributed by atoms with van der Waals surface area (Å²) in [5, 5.41) is 11.1. The number of ether oxygens (including phenoxy) is 1. The van der Waals surface area contributed by atoms with Crippen LogP contribution in [0, 0.1) is 16.0 Å². The zero-order chi connectivity index (χ0) is 17.6. The van der Waals surface area contributed by atoms with E-state index in [-0.39, 0.29) is 17.8 Å². The Kier molecular flexibility index (Phi) is 4.32. The molecular weight excluding hydrogens is 376 g/mol. The molecule has 1 aromatic carbocycles. The predicted molar refractivity (Wildman–Crippen MR) is 94.3 cm³/mol. The van der Waals surface area contributed by atoms with Crippen molar-refractivity contribution in [2.75, 3.05) is 4.90 Å². The Hall–Kier alpha value is -1.63. The van der Waals surface area contributed by atoms with E-state index in [0.29, 0.717) is 10.4 Å². The molecule has 3 rings (SSSR count). The molecule has 0 aromatic heterocycles. The van der Waals surface area contributed by atoms with Crippen molar-refractivity contribution in [3.05, 3.63) is 32.3 Å². The van der Waals surface area contributed by atoms with Crippen LogP contribution in [-0.4, -0.2) is 22.7 Å². The number of amides is 1. The van der Waals surface area contributed by atoms with Gasteiger partial charge in [-0.25, -0.2) is 4.79 Å². The van der Waals surface area contributed by atoms with Gasteiger partial charge < -0.3 is 4.74 Å². The van der Waals surface area contributed by atoms with Gasteiger partial charge in [0, 0.05) is 22.6 Å². The summed E-state index contributed by atoms with van der Waals surface area (Å²) < 4.78 is 6.18. The topological polar surface area (TPSA) is 72.7 Å². The fourth-order valence-corrected chi connectivity index (χ4v) is 3.95. The molecule has 1 saturated carbocycles. The highest BCUT2D eigenvalue weighted by Gasteiger charge is 2.43. The molecule has 130 valence electrons. The predicted octanol–water partition coefficient (Wildman–Crippen LogP) is 4.82. The number of non-ortho nitro benzene ring substituents is 1. The average molecular weight is 397 g/mol. The van der Waals surface area contributed by atoms with Crippen LogP contribution in [0.25, 0.3) is 0 Å². The summed E-state index contributed by atoms with van der Waals surface area (Å²) in [5.74, 6) is 0.493. The summed E-state index contributed by atoms with van der Waals surface area (Å²) in [5.41, 5.74) is 0.988. The highest BCUT2D eigenvalue weighted by atomic mass is 79.9. The monoisotopic (exact) mass is 396 g/mol. The summed E-state index contributed by atoms with van der Waals surface area (Å²) in [6, 6.07) is 3.14. The van der Waals surface area contributed by atoms with Crippen LogP contribution in [0.1, 0.15) is 45.6 Å². The van der Waals surface area contributed by atoms with Gasteiger partial charge in [0.15, 0.2) is 0 Å². The van der Waals surface area contributed by atoms with Crippen LogP contribution in [0.4, 0.5) is 16.2 Å². The van der Waals surface area contributed by atoms with Gasteiger partial charge in [-0.3, -0.25) is 15.0 Å². The number of nitro groups is 1. The third-order valence-electron chi connectivity index (χ3n) is 4.38. The van der Waals surface area contributed by atoms with Crippen molar-refractivity contribution in [1.82, 2.24) is 0 Å². The van der Waals surface area contributed by atoms with Gasteiger partial charge in [-0.15, -0.1) is 0 Å². The van der Waals surface area contributed by atoms with Crippen molar-refractivity contribution in [1.29, 1.82) is 0 Å². The molecule has 1 aliphatic carbocycles. The van der Waals surface area contributed by atoms with Gasteiger partial charge in [-0.05, 0) is 73.9 Å². The lowest BCUT2D eigenvalue weighted by Crippen LogP contribution is -2.47. The standard InChI is InChI=1S/C17H21BrN2O4/c1-17(2,3)24-16(21)19-14(10-4-5-10)7-6-11-8-12(20(22)23)9-13(18)15(11)19/h8-10,14H,4-7H2,1-3H3. The molecular formula is C17H21BrN2O4. The Bertz CT molecular complexity index is 695. The number of carbonyl (C=O) groups is 1. The van der Waals surface area contributed by atoms with Crippen molar-refractivity contribution in [3.8, 4) is 0 Å². The van der Waals surface area contributed by atoms with Crippen molar-refractivity contribution in [3.63, 3.8) is 0 Å². The van der Waals surface area contributed by atoms with Gasteiger partial charge in [-0.2, -0.15) is 0 Å². The third kappa shape index (κ3) is 3.41. The number of fused-ring (bicyclic) bond motifs is 1. The van der Waals surface area contributed by atoms with E-state index in [1.165, 1.54) is 6.07 Å². The molecule has 2 aliphatic rings. The fraction of sp³-hybridized carbons (Fsp3) is 0.588. The summed E-state index contributed by atoms with van der Waals surface area (Å²) in [7, 11) is 0. The first-order chi connectivity index (χ1) is 11.2. The van der Waals surface area contributed by atoms with E-state index in [9.17, 15) is 14.9 Å². The van der Waals surface area contributed by atoms with E-state index in [1.807, 2.05) is 20.8 Å². The molecule has 1 aliphatic heterocycles. The number of benzene rings is 1. The molecule has 1 amide bonds. The molecule has 24 heavy (non-hydrogen) atoms. The van der Waals surface area contributed by atoms with Crippen molar-refractivity contribution in [2.24, 2.45) is 5.92 Å². The summed E-state index contributed by atoms with van der Waals surface area (Å²) in [4.78, 5) is 25.3. The maximum Gasteiger partial charge on any atom is 0.415 e. The first-order valence-corrected chi connectivity index (χ1v) is 8.95. The summed E-state index contributed by atoms with van der Waals surface area (Å²) >= 11 is 3.43. The molecule has 6 nitrogen and oxygen atoms in total. The van der Waals surface area contributed by atoms with Crippen molar-refractivity contribution >= 4 is 33.4 Å². The Morgan fingerprint density at radius 3 is 2.54 bits per heavy atom. The third-order valence-corrected chi connectivity index (χ3v) is 4.98. The fourth-order valence-electron chi connectivity index (χ4n) is 3.27. The molecule has 0 bridgehead atoms. The molecule has 0 radical (unpaired) electrons. The van der Waals surface area contributed by atoms with Crippen LogP contribution >= 0.6 is 15.9 Å². The Morgan fingerprint density at radius 2 is 2.00 bits per heavy atom. The van der Waals surface area contributed by atoms with Crippen molar-refractivity contribution < 1.29 is 14.5 Å². The van der Waals surface area contributed by atoms with E-state index in [0.717, 1.165) is 36.9 Å². The molecule has 1 atom stereocenters. The molecule has 1 unspecified atom stereocenters. The van der Waals surface area contributed by atoms with E-state index in [4.69, 9.17) is 4.74 Å². The number of halogens is 1. The van der Waals surface area contributed by atoms with Crippen molar-refractivity contribution in [2.45, 2.75) is 58.1 Å². The summed E-state index contributed by atoms with van der Waals surface area (Å²) in [6.45, 7) is 5.52. The number of rotatable bonds is 2. The number of nitro benzene ring substituents is 1. The number of anilines is 1. The van der Waals surface area contributed by atoms with Crippen LogP contribution in [0.5, 0.6) is 0 Å². The second-order valence-corrected chi connectivity index (χ2v) is 8.34. The lowest BCUT2D eigenvalue weighted by Gasteiger charge is -2.38. The number of carbonyl (C=O) groups excluding carboxylic acids is 1. The lowest BCUT2D eigenvalue weighted by atomic mass is 9.93. The number of hydrogen-bond acceptors (Lipinski definition) is 4. The maximum atomic E-state index is 12.8. The average Bonchev–Trinajstić information content (AvgIpc) is 3.28. The quantitative estimate of drug-likeness (QED) is 0.530. The number of hydrogen-bond donors (Lipinski definition) is 0. The van der Waals surface area contributed by atoms with E-state index >= 15 is 0 Å². The zero-order valence-electron chi connectivity index (χ0n) is 14.0. The minimum absolute atomic E-state index is 0.0367. The largest absolute Gasteiger partial charge is 0.443 e. The second kappa shape index (κ2) is 6.02. The number of nitrogens with zero attached hydrogens (tertiary/aromatic N) is 2. The van der Waals surface area contributed by atoms with E-state index < -0.39 is 10.5 Å². The first kappa shape index (κ1) is 17.2. The first-order valence-electron chi connectivity index (χ1n) is 8.16. The molecule has 1 heterocycles. The molecule has 0 spiro atoms. The minimum Gasteiger partial charge on any atom is -0.443 e. The van der Waals surface area contributed by atoms with Crippen LogP contribution in [0.2, 0.25) is 0 Å². The van der Waals surface area contributed by atoms with Gasteiger partial charge in [0.05, 0.1) is 10.6 Å². The van der Waals surface area contributed by atoms with Gasteiger partial charge in [0.25, 0.3) is 5.69 Å². The highest BCUT2D eigenvalue weighted by Crippen LogP contribution is 2.46. The van der Waals surface area contributed by atoms with Crippen LogP contribution < -0.4 is 4.90 Å². The second-order valence-electron chi connectivity index (χ2n) is 7.49. The molecule has 7 heteroatoms. The van der Waals surface area contributed by atoms with Gasteiger partial charge >= 0.3 is 6.09 Å². The Labute approximate surface area is 149 Å². The van der Waals surface area contributed by atoms with Gasteiger partial charge in [0.1, 0.15) is 5.60 Å². The van der Waals surface area contributed by atoms with Crippen LogP contribution in [0.3, 0.4) is 0 Å². The maximum absolute atomic E-state index is 12.8. The Balaban J connectivity index is 2.04. The molecule has 1 aromatic rings. The smallest absolute Gasteiger partial charge is 0.415 e. The van der Waals surface area contributed by atoms with Gasteiger partial charge in [0.2, 0.25) is 0 Å². The highest BCUT2D eigenvalue weighted by molar-refractivity contribution is 9.10. The molecule has 1 fully saturated rings. The van der Waals surface area contributed by atoms with Gasteiger partial charge in [-0.1, -0.05) is 0 Å². The SMILES string of the molecule is CC(C)(C)OC(=O)N1c2c(Br)cc([N+](=O)[O-])cc2CCC1C1CC1. The minimum atomic E-state index is -0.587. The summed E-state index contributed by atoms with van der Waals surface area (Å²) in [6.07, 6.45) is 3.39. The lowest BCUT2D eigenvalue weighted by molar-refractivity contribution is -0.385.